The van der Waals surface area contributed by atoms with Crippen molar-refractivity contribution in [2.75, 3.05) is 6.61 Å². The number of amides is 1. The van der Waals surface area contributed by atoms with Crippen LogP contribution in [0.15, 0.2) is 12.3 Å². The monoisotopic (exact) mass is 196 g/mol. The molecule has 0 aliphatic carbocycles. The van der Waals surface area contributed by atoms with Gasteiger partial charge in [0, 0.05) is 19.8 Å². The quantitative estimate of drug-likeness (QED) is 0.646. The maximum atomic E-state index is 11.1. The minimum absolute atomic E-state index is 0.118. The van der Waals surface area contributed by atoms with Crippen LogP contribution in [0.25, 0.3) is 0 Å². The summed E-state index contributed by atoms with van der Waals surface area (Å²) in [5, 5.41) is 7.10. The Bertz CT molecular complexity index is 336. The predicted molar refractivity (Wildman–Crippen MR) is 47.9 cm³/mol. The molecule has 76 valence electrons. The molecule has 0 radical (unpaired) electrons. The molecule has 2 rings (SSSR count). The van der Waals surface area contributed by atoms with Gasteiger partial charge in [-0.25, -0.2) is 5.48 Å². The summed E-state index contributed by atoms with van der Waals surface area (Å²) >= 11 is 0. The molecule has 2 heterocycles. The average Bonchev–Trinajstić information content (AvgIpc) is 2.72. The molecule has 14 heavy (non-hydrogen) atoms. The number of aromatic nitrogens is 2. The van der Waals surface area contributed by atoms with Crippen molar-refractivity contribution in [2.24, 2.45) is 7.05 Å². The largest absolute Gasteiger partial charge is 0.298 e. The van der Waals surface area contributed by atoms with Gasteiger partial charge in [0.1, 0.15) is 6.04 Å². The first kappa shape index (κ1) is 9.17. The molecular weight excluding hydrogens is 184 g/mol. The smallest absolute Gasteiger partial charge is 0.263 e. The Balaban J connectivity index is 1.88. The van der Waals surface area contributed by atoms with Crippen LogP contribution in [0.5, 0.6) is 0 Å². The molecule has 1 aliphatic rings. The Morgan fingerprint density at radius 3 is 3.29 bits per heavy atom. The van der Waals surface area contributed by atoms with Gasteiger partial charge in [-0.3, -0.25) is 19.6 Å². The second kappa shape index (κ2) is 3.77. The number of hydrogen-bond acceptors (Lipinski definition) is 4. The van der Waals surface area contributed by atoms with Gasteiger partial charge in [-0.05, 0) is 6.07 Å². The molecule has 1 unspecified atom stereocenters. The standard InChI is InChI=1S/C8H12N4O2/c1-12-6(2-3-10-12)4-9-7-5-14-11-8(7)13/h2-3,7,9H,4-5H2,1H3,(H,11,13). The molecule has 2 N–H and O–H groups in total. The van der Waals surface area contributed by atoms with Gasteiger partial charge in [0.05, 0.1) is 12.3 Å². The van der Waals surface area contributed by atoms with Gasteiger partial charge < -0.3 is 0 Å². The van der Waals surface area contributed by atoms with Crippen LogP contribution in [0.2, 0.25) is 0 Å². The SMILES string of the molecule is Cn1nccc1CNC1CONC1=O. The predicted octanol–water partition coefficient (Wildman–Crippen LogP) is -1.06. The number of nitrogens with zero attached hydrogens (tertiary/aromatic N) is 2. The van der Waals surface area contributed by atoms with E-state index in [2.05, 4.69) is 15.9 Å². The summed E-state index contributed by atoms with van der Waals surface area (Å²) in [5.74, 6) is -0.118. The molecule has 0 aromatic carbocycles. The Kier molecular flexibility index (Phi) is 2.47. The van der Waals surface area contributed by atoms with Gasteiger partial charge in [0.25, 0.3) is 5.91 Å². The van der Waals surface area contributed by atoms with Gasteiger partial charge in [-0.2, -0.15) is 5.10 Å². The van der Waals surface area contributed by atoms with Crippen LogP contribution in [-0.4, -0.2) is 28.3 Å². The normalized spacial score (nSPS) is 21.2. The van der Waals surface area contributed by atoms with E-state index in [0.29, 0.717) is 13.2 Å². The van der Waals surface area contributed by atoms with Gasteiger partial charge in [-0.15, -0.1) is 0 Å². The molecule has 1 amide bonds. The summed E-state index contributed by atoms with van der Waals surface area (Å²) in [6.45, 7) is 0.981. The maximum Gasteiger partial charge on any atom is 0.263 e. The Morgan fingerprint density at radius 2 is 2.71 bits per heavy atom. The van der Waals surface area contributed by atoms with E-state index >= 15 is 0 Å². The summed E-state index contributed by atoms with van der Waals surface area (Å²) in [6.07, 6.45) is 1.72. The molecule has 1 saturated heterocycles. The first-order chi connectivity index (χ1) is 6.77. The average molecular weight is 196 g/mol. The van der Waals surface area contributed by atoms with E-state index in [4.69, 9.17) is 4.84 Å². The molecule has 1 aliphatic heterocycles. The third-order valence-corrected chi connectivity index (χ3v) is 2.19. The number of hydrogen-bond donors (Lipinski definition) is 2. The van der Waals surface area contributed by atoms with Crippen molar-refractivity contribution < 1.29 is 9.63 Å². The minimum atomic E-state index is -0.259. The topological polar surface area (TPSA) is 68.2 Å². The molecule has 0 saturated carbocycles. The van der Waals surface area contributed by atoms with Crippen LogP contribution in [-0.2, 0) is 23.2 Å². The van der Waals surface area contributed by atoms with Crippen molar-refractivity contribution in [3.05, 3.63) is 18.0 Å². The van der Waals surface area contributed by atoms with Crippen molar-refractivity contribution in [2.45, 2.75) is 12.6 Å². The van der Waals surface area contributed by atoms with E-state index in [-0.39, 0.29) is 11.9 Å². The fourth-order valence-electron chi connectivity index (χ4n) is 1.30. The fraction of sp³-hybridized carbons (Fsp3) is 0.500. The van der Waals surface area contributed by atoms with Crippen molar-refractivity contribution in [1.29, 1.82) is 0 Å². The van der Waals surface area contributed by atoms with Gasteiger partial charge in [0.15, 0.2) is 0 Å². The zero-order valence-electron chi connectivity index (χ0n) is 7.86. The Hall–Kier alpha value is -1.40. The highest BCUT2D eigenvalue weighted by Crippen LogP contribution is 1.99. The van der Waals surface area contributed by atoms with Crippen molar-refractivity contribution in [3.8, 4) is 0 Å². The summed E-state index contributed by atoms with van der Waals surface area (Å²) in [6, 6.07) is 1.64. The van der Waals surface area contributed by atoms with Gasteiger partial charge in [0.2, 0.25) is 0 Å². The van der Waals surface area contributed by atoms with E-state index in [1.807, 2.05) is 13.1 Å². The van der Waals surface area contributed by atoms with Crippen LogP contribution in [0, 0.1) is 0 Å². The lowest BCUT2D eigenvalue weighted by molar-refractivity contribution is -0.125. The maximum absolute atomic E-state index is 11.1. The number of nitrogens with one attached hydrogen (secondary N) is 2. The molecule has 0 bridgehead atoms. The third kappa shape index (κ3) is 1.75. The van der Waals surface area contributed by atoms with Crippen molar-refractivity contribution in [3.63, 3.8) is 0 Å². The number of rotatable bonds is 3. The second-order valence-corrected chi connectivity index (χ2v) is 3.16. The summed E-state index contributed by atoms with van der Waals surface area (Å²) in [5.41, 5.74) is 3.32. The Labute approximate surface area is 81.2 Å². The minimum Gasteiger partial charge on any atom is -0.298 e. The number of carbonyl (C=O) groups is 1. The second-order valence-electron chi connectivity index (χ2n) is 3.16. The highest BCUT2D eigenvalue weighted by Gasteiger charge is 2.24. The molecule has 1 aromatic rings. The zero-order valence-corrected chi connectivity index (χ0v) is 7.86. The first-order valence-electron chi connectivity index (χ1n) is 4.39. The number of hydroxylamine groups is 1. The summed E-state index contributed by atoms with van der Waals surface area (Å²) < 4.78 is 1.76. The highest BCUT2D eigenvalue weighted by molar-refractivity contribution is 5.82. The van der Waals surface area contributed by atoms with E-state index in [1.165, 1.54) is 0 Å². The van der Waals surface area contributed by atoms with Crippen LogP contribution in [0.3, 0.4) is 0 Å². The molecular formula is C8H12N4O2. The molecule has 6 heteroatoms. The highest BCUT2D eigenvalue weighted by atomic mass is 16.7. The molecule has 0 spiro atoms. The van der Waals surface area contributed by atoms with E-state index in [9.17, 15) is 4.79 Å². The molecule has 1 aromatic heterocycles. The van der Waals surface area contributed by atoms with Crippen LogP contribution in [0.1, 0.15) is 5.69 Å². The zero-order chi connectivity index (χ0) is 9.97. The molecule has 1 atom stereocenters. The molecule has 1 fully saturated rings. The van der Waals surface area contributed by atoms with Crippen molar-refractivity contribution in [1.82, 2.24) is 20.6 Å². The van der Waals surface area contributed by atoms with Gasteiger partial charge >= 0.3 is 0 Å². The Morgan fingerprint density at radius 1 is 1.86 bits per heavy atom. The van der Waals surface area contributed by atoms with E-state index in [0.717, 1.165) is 5.69 Å². The van der Waals surface area contributed by atoms with E-state index < -0.39 is 0 Å². The summed E-state index contributed by atoms with van der Waals surface area (Å²) in [4.78, 5) is 15.9. The number of carbonyl (C=O) groups excluding carboxylic acids is 1. The van der Waals surface area contributed by atoms with Crippen LogP contribution >= 0.6 is 0 Å². The molecule has 6 nitrogen and oxygen atoms in total. The number of aryl methyl sites for hydroxylation is 1. The lowest BCUT2D eigenvalue weighted by atomic mass is 10.3. The van der Waals surface area contributed by atoms with Crippen LogP contribution < -0.4 is 10.8 Å². The van der Waals surface area contributed by atoms with Crippen LogP contribution in [0.4, 0.5) is 0 Å². The fourth-order valence-corrected chi connectivity index (χ4v) is 1.30. The first-order valence-corrected chi connectivity index (χ1v) is 4.39. The lowest BCUT2D eigenvalue weighted by Crippen LogP contribution is -2.37. The summed E-state index contributed by atoms with van der Waals surface area (Å²) in [7, 11) is 1.86. The lowest BCUT2D eigenvalue weighted by Gasteiger charge is -2.07. The van der Waals surface area contributed by atoms with Gasteiger partial charge in [-0.1, -0.05) is 0 Å². The van der Waals surface area contributed by atoms with Crippen molar-refractivity contribution >= 4 is 5.91 Å². The van der Waals surface area contributed by atoms with E-state index in [1.54, 1.807) is 10.9 Å². The third-order valence-electron chi connectivity index (χ3n) is 2.19.